The van der Waals surface area contributed by atoms with Gasteiger partial charge in [0.2, 0.25) is 0 Å². The van der Waals surface area contributed by atoms with E-state index in [9.17, 15) is 9.59 Å². The summed E-state index contributed by atoms with van der Waals surface area (Å²) in [5.41, 5.74) is 3.25. The van der Waals surface area contributed by atoms with Crippen LogP contribution in [0, 0.1) is 0 Å². The van der Waals surface area contributed by atoms with Gasteiger partial charge in [-0.3, -0.25) is 4.79 Å². The molecule has 3 aromatic rings. The van der Waals surface area contributed by atoms with E-state index >= 15 is 0 Å². The lowest BCUT2D eigenvalue weighted by Gasteiger charge is -2.10. The van der Waals surface area contributed by atoms with Crippen LogP contribution in [0.25, 0.3) is 11.0 Å². The van der Waals surface area contributed by atoms with E-state index in [-0.39, 0.29) is 11.9 Å². The number of fused-ring (bicyclic) bond motifs is 1. The summed E-state index contributed by atoms with van der Waals surface area (Å²) >= 11 is 0. The van der Waals surface area contributed by atoms with E-state index in [1.165, 1.54) is 12.8 Å². The van der Waals surface area contributed by atoms with Gasteiger partial charge in [-0.1, -0.05) is 18.1 Å². The minimum Gasteiger partial charge on any atom is -0.462 e. The van der Waals surface area contributed by atoms with Gasteiger partial charge in [0.05, 0.1) is 23.7 Å². The zero-order valence-corrected chi connectivity index (χ0v) is 15.7. The fraction of sp³-hybridized carbons (Fsp3) is 0.333. The van der Waals surface area contributed by atoms with E-state index in [4.69, 9.17) is 4.74 Å². The molecule has 1 amide bonds. The number of ether oxygens (including phenoxy) is 1. The SMILES string of the molecule is CCOC(=O)c1ccc(NC(=O)c2ccc3c(c2)nnn3C2CCCC2)cc1. The number of hydrogen-bond acceptors (Lipinski definition) is 5. The van der Waals surface area contributed by atoms with Crippen LogP contribution >= 0.6 is 0 Å². The van der Waals surface area contributed by atoms with Gasteiger partial charge in [-0.15, -0.1) is 5.10 Å². The highest BCUT2D eigenvalue weighted by Gasteiger charge is 2.20. The first-order valence-electron chi connectivity index (χ1n) is 9.59. The van der Waals surface area contributed by atoms with Gasteiger partial charge < -0.3 is 10.1 Å². The van der Waals surface area contributed by atoms with Crippen molar-refractivity contribution in [2.45, 2.75) is 38.6 Å². The van der Waals surface area contributed by atoms with E-state index < -0.39 is 0 Å². The molecule has 1 aromatic heterocycles. The highest BCUT2D eigenvalue weighted by Crippen LogP contribution is 2.31. The largest absolute Gasteiger partial charge is 0.462 e. The second-order valence-corrected chi connectivity index (χ2v) is 6.93. The molecular formula is C21H22N4O3. The van der Waals surface area contributed by atoms with Crippen molar-refractivity contribution in [3.8, 4) is 0 Å². The van der Waals surface area contributed by atoms with Crippen molar-refractivity contribution in [2.24, 2.45) is 0 Å². The first-order valence-corrected chi connectivity index (χ1v) is 9.59. The third-order valence-corrected chi connectivity index (χ3v) is 5.06. The molecule has 1 saturated carbocycles. The predicted octanol–water partition coefficient (Wildman–Crippen LogP) is 3.98. The van der Waals surface area contributed by atoms with E-state index in [0.29, 0.717) is 29.5 Å². The summed E-state index contributed by atoms with van der Waals surface area (Å²) in [7, 11) is 0. The van der Waals surface area contributed by atoms with E-state index in [1.807, 2.05) is 10.7 Å². The third kappa shape index (κ3) is 3.60. The van der Waals surface area contributed by atoms with Gasteiger partial charge in [-0.2, -0.15) is 0 Å². The molecule has 4 rings (SSSR count). The normalized spacial score (nSPS) is 14.3. The minimum atomic E-state index is -0.379. The van der Waals surface area contributed by atoms with E-state index in [2.05, 4.69) is 15.6 Å². The molecule has 0 atom stereocenters. The third-order valence-electron chi connectivity index (χ3n) is 5.06. The number of amides is 1. The average molecular weight is 378 g/mol. The second-order valence-electron chi connectivity index (χ2n) is 6.93. The summed E-state index contributed by atoms with van der Waals surface area (Å²) in [5.74, 6) is -0.614. The van der Waals surface area contributed by atoms with Crippen LogP contribution < -0.4 is 5.32 Å². The Balaban J connectivity index is 1.48. The molecule has 7 heteroatoms. The summed E-state index contributed by atoms with van der Waals surface area (Å²) in [6.07, 6.45) is 4.70. The standard InChI is InChI=1S/C21H22N4O3/c1-2-28-21(27)14-7-10-16(11-8-14)22-20(26)15-9-12-19-18(13-15)23-24-25(19)17-5-3-4-6-17/h7-13,17H,2-6H2,1H3,(H,22,26). The van der Waals surface area contributed by atoms with E-state index in [1.54, 1.807) is 43.3 Å². The van der Waals surface area contributed by atoms with Gasteiger partial charge in [0, 0.05) is 11.3 Å². The molecule has 1 aliphatic carbocycles. The Kier molecular flexibility index (Phi) is 5.06. The quantitative estimate of drug-likeness (QED) is 0.679. The molecule has 0 aliphatic heterocycles. The van der Waals surface area contributed by atoms with Crippen LogP contribution in [0.2, 0.25) is 0 Å². The molecule has 0 radical (unpaired) electrons. The number of carbonyl (C=O) groups is 2. The van der Waals surface area contributed by atoms with Crippen molar-refractivity contribution >= 4 is 28.6 Å². The van der Waals surface area contributed by atoms with Gasteiger partial charge in [-0.25, -0.2) is 9.48 Å². The lowest BCUT2D eigenvalue weighted by molar-refractivity contribution is 0.0526. The first-order chi connectivity index (χ1) is 13.7. The summed E-state index contributed by atoms with van der Waals surface area (Å²) in [6, 6.07) is 12.5. The monoisotopic (exact) mass is 378 g/mol. The summed E-state index contributed by atoms with van der Waals surface area (Å²) in [5, 5.41) is 11.4. The number of esters is 1. The second kappa shape index (κ2) is 7.80. The molecule has 1 fully saturated rings. The van der Waals surface area contributed by atoms with Crippen LogP contribution in [-0.4, -0.2) is 33.5 Å². The lowest BCUT2D eigenvalue weighted by atomic mass is 10.1. The lowest BCUT2D eigenvalue weighted by Crippen LogP contribution is -2.12. The minimum absolute atomic E-state index is 0.235. The maximum absolute atomic E-state index is 12.6. The number of carbonyl (C=O) groups excluding carboxylic acids is 2. The number of hydrogen-bond donors (Lipinski definition) is 1. The number of anilines is 1. The fourth-order valence-corrected chi connectivity index (χ4v) is 3.61. The van der Waals surface area contributed by atoms with Crippen molar-refractivity contribution in [1.82, 2.24) is 15.0 Å². The van der Waals surface area contributed by atoms with Crippen LogP contribution in [0.4, 0.5) is 5.69 Å². The van der Waals surface area contributed by atoms with Gasteiger partial charge in [-0.05, 0) is 62.2 Å². The van der Waals surface area contributed by atoms with Crippen LogP contribution in [0.15, 0.2) is 42.5 Å². The Labute approximate surface area is 162 Å². The van der Waals surface area contributed by atoms with Gasteiger partial charge >= 0.3 is 5.97 Å². The molecule has 0 bridgehead atoms. The van der Waals surface area contributed by atoms with Crippen LogP contribution in [0.5, 0.6) is 0 Å². The summed E-state index contributed by atoms with van der Waals surface area (Å²) in [6.45, 7) is 2.08. The Bertz CT molecular complexity index is 1000. The Morgan fingerprint density at radius 3 is 2.54 bits per heavy atom. The Morgan fingerprint density at radius 2 is 1.82 bits per heavy atom. The van der Waals surface area contributed by atoms with Crippen molar-refractivity contribution in [1.29, 1.82) is 0 Å². The van der Waals surface area contributed by atoms with Crippen LogP contribution in [0.3, 0.4) is 0 Å². The molecule has 1 heterocycles. The molecular weight excluding hydrogens is 356 g/mol. The van der Waals surface area contributed by atoms with Crippen molar-refractivity contribution in [2.75, 3.05) is 11.9 Å². The van der Waals surface area contributed by atoms with Gasteiger partial charge in [0.25, 0.3) is 5.91 Å². The number of aromatic nitrogens is 3. The molecule has 7 nitrogen and oxygen atoms in total. The number of nitrogens with one attached hydrogen (secondary N) is 1. The van der Waals surface area contributed by atoms with Crippen LogP contribution in [0.1, 0.15) is 59.4 Å². The zero-order valence-electron chi connectivity index (χ0n) is 15.7. The first kappa shape index (κ1) is 18.2. The molecule has 0 unspecified atom stereocenters. The van der Waals surface area contributed by atoms with Gasteiger partial charge in [0.1, 0.15) is 5.52 Å². The molecule has 1 aliphatic rings. The maximum atomic E-state index is 12.6. The Hall–Kier alpha value is -3.22. The number of benzene rings is 2. The number of nitrogens with zero attached hydrogens (tertiary/aromatic N) is 3. The molecule has 1 N–H and O–H groups in total. The smallest absolute Gasteiger partial charge is 0.338 e. The fourth-order valence-electron chi connectivity index (χ4n) is 3.61. The number of rotatable bonds is 5. The van der Waals surface area contributed by atoms with E-state index in [0.717, 1.165) is 23.9 Å². The summed E-state index contributed by atoms with van der Waals surface area (Å²) in [4.78, 5) is 24.3. The highest BCUT2D eigenvalue weighted by atomic mass is 16.5. The average Bonchev–Trinajstić information content (AvgIpc) is 3.37. The summed E-state index contributed by atoms with van der Waals surface area (Å²) < 4.78 is 6.94. The maximum Gasteiger partial charge on any atom is 0.338 e. The Morgan fingerprint density at radius 1 is 1.11 bits per heavy atom. The van der Waals surface area contributed by atoms with Crippen molar-refractivity contribution < 1.29 is 14.3 Å². The topological polar surface area (TPSA) is 86.1 Å². The van der Waals surface area contributed by atoms with Crippen molar-refractivity contribution in [3.63, 3.8) is 0 Å². The van der Waals surface area contributed by atoms with Gasteiger partial charge in [0.15, 0.2) is 0 Å². The molecule has 0 spiro atoms. The van der Waals surface area contributed by atoms with Crippen molar-refractivity contribution in [3.05, 3.63) is 53.6 Å². The zero-order chi connectivity index (χ0) is 19.5. The van der Waals surface area contributed by atoms with Crippen LogP contribution in [-0.2, 0) is 4.74 Å². The predicted molar refractivity (Wildman–Crippen MR) is 105 cm³/mol. The molecule has 0 saturated heterocycles. The molecule has 28 heavy (non-hydrogen) atoms. The molecule has 2 aromatic carbocycles. The highest BCUT2D eigenvalue weighted by molar-refractivity contribution is 6.06. The molecule has 144 valence electrons.